The summed E-state index contributed by atoms with van der Waals surface area (Å²) in [5.74, 6) is 2.25. The smallest absolute Gasteiger partial charge is 0.289 e. The number of hydrogen-bond donors (Lipinski definition) is 0. The summed E-state index contributed by atoms with van der Waals surface area (Å²) < 4.78 is 10.8. The van der Waals surface area contributed by atoms with Crippen LogP contribution in [0.5, 0.6) is 11.6 Å². The van der Waals surface area contributed by atoms with Gasteiger partial charge in [-0.1, -0.05) is 18.2 Å². The van der Waals surface area contributed by atoms with Crippen molar-refractivity contribution in [1.29, 1.82) is 0 Å². The Bertz CT molecular complexity index is 842. The van der Waals surface area contributed by atoms with Crippen molar-refractivity contribution >= 4 is 11.7 Å². The fraction of sp³-hybridized carbons (Fsp3) is 0.211. The Morgan fingerprint density at radius 1 is 0.923 bits per heavy atom. The molecule has 4 rings (SSSR count). The highest BCUT2D eigenvalue weighted by Gasteiger charge is 2.24. The van der Waals surface area contributed by atoms with E-state index < -0.39 is 0 Å². The summed E-state index contributed by atoms with van der Waals surface area (Å²) in [5, 5.41) is 8.38. The Morgan fingerprint density at radius 3 is 2.38 bits per heavy atom. The van der Waals surface area contributed by atoms with Crippen LogP contribution in [0, 0.1) is 0 Å². The van der Waals surface area contributed by atoms with E-state index in [1.165, 1.54) is 6.26 Å². The standard InChI is InChI=1S/C19H18N4O3/c24-19(16-7-4-14-25-16)23-12-10-22(11-13-23)17-8-9-18(21-20-17)26-15-5-2-1-3-6-15/h1-9,14H,10-13H2. The van der Waals surface area contributed by atoms with Gasteiger partial charge in [0.25, 0.3) is 5.91 Å². The van der Waals surface area contributed by atoms with Gasteiger partial charge in [-0.15, -0.1) is 10.2 Å². The first-order valence-electron chi connectivity index (χ1n) is 8.44. The van der Waals surface area contributed by atoms with E-state index in [4.69, 9.17) is 9.15 Å². The largest absolute Gasteiger partial charge is 0.459 e. The van der Waals surface area contributed by atoms with Crippen molar-refractivity contribution in [2.75, 3.05) is 31.1 Å². The number of ether oxygens (including phenoxy) is 1. The van der Waals surface area contributed by atoms with Gasteiger partial charge in [-0.2, -0.15) is 0 Å². The van der Waals surface area contributed by atoms with Gasteiger partial charge < -0.3 is 19.0 Å². The van der Waals surface area contributed by atoms with Gasteiger partial charge >= 0.3 is 0 Å². The van der Waals surface area contributed by atoms with Crippen LogP contribution in [0.1, 0.15) is 10.6 Å². The normalized spacial score (nSPS) is 14.3. The van der Waals surface area contributed by atoms with E-state index in [0.29, 0.717) is 37.8 Å². The molecule has 1 saturated heterocycles. The lowest BCUT2D eigenvalue weighted by molar-refractivity contribution is 0.0714. The van der Waals surface area contributed by atoms with Crippen molar-refractivity contribution in [3.05, 3.63) is 66.6 Å². The summed E-state index contributed by atoms with van der Waals surface area (Å²) >= 11 is 0. The van der Waals surface area contributed by atoms with E-state index in [0.717, 1.165) is 11.6 Å². The fourth-order valence-corrected chi connectivity index (χ4v) is 2.84. The number of benzene rings is 1. The molecule has 0 bridgehead atoms. The minimum Gasteiger partial charge on any atom is -0.459 e. The zero-order valence-electron chi connectivity index (χ0n) is 14.1. The SMILES string of the molecule is O=C(c1ccco1)N1CCN(c2ccc(Oc3ccccc3)nn2)CC1. The lowest BCUT2D eigenvalue weighted by Gasteiger charge is -2.34. The molecular formula is C19H18N4O3. The van der Waals surface area contributed by atoms with Gasteiger partial charge in [0.15, 0.2) is 11.6 Å². The van der Waals surface area contributed by atoms with Gasteiger partial charge in [-0.25, -0.2) is 0 Å². The van der Waals surface area contributed by atoms with Gasteiger partial charge in [0.1, 0.15) is 5.75 Å². The van der Waals surface area contributed by atoms with E-state index in [1.54, 1.807) is 23.1 Å². The van der Waals surface area contributed by atoms with Crippen LogP contribution in [0.3, 0.4) is 0 Å². The summed E-state index contributed by atoms with van der Waals surface area (Å²) in [4.78, 5) is 16.2. The van der Waals surface area contributed by atoms with Crippen LogP contribution in [-0.4, -0.2) is 47.2 Å². The number of anilines is 1. The second-order valence-electron chi connectivity index (χ2n) is 5.90. The lowest BCUT2D eigenvalue weighted by Crippen LogP contribution is -2.49. The number of piperazine rings is 1. The van der Waals surface area contributed by atoms with Gasteiger partial charge in [0.2, 0.25) is 5.88 Å². The molecule has 0 radical (unpaired) electrons. The zero-order valence-corrected chi connectivity index (χ0v) is 14.1. The molecule has 0 unspecified atom stereocenters. The molecule has 0 spiro atoms. The third-order valence-electron chi connectivity index (χ3n) is 4.21. The van der Waals surface area contributed by atoms with E-state index in [-0.39, 0.29) is 5.91 Å². The zero-order chi connectivity index (χ0) is 17.8. The lowest BCUT2D eigenvalue weighted by atomic mass is 10.3. The number of para-hydroxylation sites is 1. The molecule has 1 aliphatic rings. The van der Waals surface area contributed by atoms with E-state index in [9.17, 15) is 4.79 Å². The van der Waals surface area contributed by atoms with Crippen LogP contribution in [0.15, 0.2) is 65.3 Å². The van der Waals surface area contributed by atoms with Crippen LogP contribution < -0.4 is 9.64 Å². The molecule has 1 aromatic carbocycles. The van der Waals surface area contributed by atoms with E-state index in [2.05, 4.69) is 15.1 Å². The van der Waals surface area contributed by atoms with Crippen LogP contribution in [0.25, 0.3) is 0 Å². The first-order chi connectivity index (χ1) is 12.8. The highest BCUT2D eigenvalue weighted by Crippen LogP contribution is 2.20. The van der Waals surface area contributed by atoms with Gasteiger partial charge in [0, 0.05) is 32.2 Å². The van der Waals surface area contributed by atoms with Crippen LogP contribution in [-0.2, 0) is 0 Å². The van der Waals surface area contributed by atoms with E-state index in [1.807, 2.05) is 36.4 Å². The predicted molar refractivity (Wildman–Crippen MR) is 95.4 cm³/mol. The Labute approximate surface area is 150 Å². The fourth-order valence-electron chi connectivity index (χ4n) is 2.84. The van der Waals surface area contributed by atoms with Crippen molar-refractivity contribution in [3.63, 3.8) is 0 Å². The van der Waals surface area contributed by atoms with Crippen molar-refractivity contribution < 1.29 is 13.9 Å². The molecule has 132 valence electrons. The molecule has 1 amide bonds. The topological polar surface area (TPSA) is 71.7 Å². The van der Waals surface area contributed by atoms with E-state index >= 15 is 0 Å². The molecule has 0 N–H and O–H groups in total. The molecule has 26 heavy (non-hydrogen) atoms. The van der Waals surface area contributed by atoms with Gasteiger partial charge in [-0.05, 0) is 30.3 Å². The Kier molecular flexibility index (Phi) is 4.51. The van der Waals surface area contributed by atoms with Crippen LogP contribution in [0.2, 0.25) is 0 Å². The maximum Gasteiger partial charge on any atom is 0.289 e. The number of hydrogen-bond acceptors (Lipinski definition) is 6. The minimum atomic E-state index is -0.0765. The van der Waals surface area contributed by atoms with Crippen molar-refractivity contribution in [3.8, 4) is 11.6 Å². The molecule has 0 atom stereocenters. The minimum absolute atomic E-state index is 0.0765. The number of rotatable bonds is 4. The molecule has 0 saturated carbocycles. The summed E-state index contributed by atoms with van der Waals surface area (Å²) in [7, 11) is 0. The number of furan rings is 1. The Morgan fingerprint density at radius 2 is 1.73 bits per heavy atom. The third kappa shape index (κ3) is 3.51. The maximum absolute atomic E-state index is 12.3. The average molecular weight is 350 g/mol. The number of carbonyl (C=O) groups excluding carboxylic acids is 1. The summed E-state index contributed by atoms with van der Waals surface area (Å²) in [6, 6.07) is 16.6. The molecule has 1 fully saturated rings. The number of amides is 1. The number of aromatic nitrogens is 2. The first kappa shape index (κ1) is 16.1. The van der Waals surface area contributed by atoms with Crippen LogP contribution >= 0.6 is 0 Å². The summed E-state index contributed by atoms with van der Waals surface area (Å²) in [6.07, 6.45) is 1.51. The average Bonchev–Trinajstić information content (AvgIpc) is 3.24. The Balaban J connectivity index is 1.35. The maximum atomic E-state index is 12.3. The molecule has 3 heterocycles. The number of carbonyl (C=O) groups is 1. The molecule has 0 aliphatic carbocycles. The second kappa shape index (κ2) is 7.26. The third-order valence-corrected chi connectivity index (χ3v) is 4.21. The van der Waals surface area contributed by atoms with Gasteiger partial charge in [-0.3, -0.25) is 4.79 Å². The van der Waals surface area contributed by atoms with Crippen molar-refractivity contribution in [2.24, 2.45) is 0 Å². The van der Waals surface area contributed by atoms with Crippen LogP contribution in [0.4, 0.5) is 5.82 Å². The van der Waals surface area contributed by atoms with Gasteiger partial charge in [0.05, 0.1) is 6.26 Å². The highest BCUT2D eigenvalue weighted by atomic mass is 16.5. The molecular weight excluding hydrogens is 332 g/mol. The molecule has 1 aliphatic heterocycles. The summed E-state index contributed by atoms with van der Waals surface area (Å²) in [5.41, 5.74) is 0. The first-order valence-corrected chi connectivity index (χ1v) is 8.44. The highest BCUT2D eigenvalue weighted by molar-refractivity contribution is 5.91. The number of nitrogens with zero attached hydrogens (tertiary/aromatic N) is 4. The van der Waals surface area contributed by atoms with Crippen molar-refractivity contribution in [1.82, 2.24) is 15.1 Å². The molecule has 3 aromatic rings. The quantitative estimate of drug-likeness (QED) is 0.720. The predicted octanol–water partition coefficient (Wildman–Crippen LogP) is 2.82. The molecule has 2 aromatic heterocycles. The Hall–Kier alpha value is -3.35. The second-order valence-corrected chi connectivity index (χ2v) is 5.90. The summed E-state index contributed by atoms with van der Waals surface area (Å²) in [6.45, 7) is 2.62. The molecule has 7 nitrogen and oxygen atoms in total. The van der Waals surface area contributed by atoms with Crippen molar-refractivity contribution in [2.45, 2.75) is 0 Å². The monoisotopic (exact) mass is 350 g/mol. The molecule has 7 heteroatoms.